The van der Waals surface area contributed by atoms with Gasteiger partial charge in [0.2, 0.25) is 0 Å². The molecule has 0 aromatic heterocycles. The summed E-state index contributed by atoms with van der Waals surface area (Å²) >= 11 is 0. The quantitative estimate of drug-likeness (QED) is 0.133. The lowest BCUT2D eigenvalue weighted by Crippen LogP contribution is -2.28. The average Bonchev–Trinajstić information content (AvgIpc) is 3.98. The van der Waals surface area contributed by atoms with Crippen molar-refractivity contribution in [2.75, 3.05) is 0 Å². The summed E-state index contributed by atoms with van der Waals surface area (Å²) in [7, 11) is 0. The molecule has 0 aliphatic heterocycles. The van der Waals surface area contributed by atoms with Crippen LogP contribution in [0.2, 0.25) is 0 Å². The van der Waals surface area contributed by atoms with Gasteiger partial charge in [0.15, 0.2) is 0 Å². The first-order valence-electron chi connectivity index (χ1n) is 26.8. The second-order valence-electron chi connectivity index (χ2n) is 20.6. The van der Waals surface area contributed by atoms with Crippen LogP contribution >= 0.6 is 0 Å². The molecule has 358 valence electrons. The Kier molecular flexibility index (Phi) is 10.5. The molecule has 0 saturated carbocycles. The first-order chi connectivity index (χ1) is 38.2. The molecular weight excluding hydrogens is 925 g/mol. The molecule has 0 spiro atoms. The molecule has 0 bridgehead atoms. The molecule has 15 rings (SSSR count). The minimum absolute atomic E-state index is 0.514. The van der Waals surface area contributed by atoms with Crippen molar-refractivity contribution in [1.82, 2.24) is 0 Å². The third kappa shape index (κ3) is 7.07. The maximum absolute atomic E-state index is 2.37. The van der Waals surface area contributed by atoms with Gasteiger partial charge >= 0.3 is 0 Å². The second kappa shape index (κ2) is 18.2. The molecule has 14 aromatic rings. The lowest BCUT2D eigenvalue weighted by atomic mass is 9.67. The zero-order valence-corrected chi connectivity index (χ0v) is 42.4. The second-order valence-corrected chi connectivity index (χ2v) is 20.6. The molecular formula is C77H50. The van der Waals surface area contributed by atoms with E-state index in [9.17, 15) is 0 Å². The fourth-order valence-corrected chi connectivity index (χ4v) is 13.2. The molecule has 0 atom stereocenters. The largest absolute Gasteiger partial charge is 0.0713 e. The van der Waals surface area contributed by atoms with E-state index < -0.39 is 5.41 Å². The van der Waals surface area contributed by atoms with Gasteiger partial charge in [-0.3, -0.25) is 0 Å². The summed E-state index contributed by atoms with van der Waals surface area (Å²) in [6.45, 7) is 0. The molecule has 0 unspecified atom stereocenters. The van der Waals surface area contributed by atoms with Crippen LogP contribution < -0.4 is 0 Å². The third-order valence-electron chi connectivity index (χ3n) is 16.6. The van der Waals surface area contributed by atoms with Crippen LogP contribution in [0, 0.1) is 0 Å². The Bertz CT molecular complexity index is 4140. The minimum Gasteiger partial charge on any atom is -0.0622 e. The molecule has 14 aromatic carbocycles. The molecule has 77 heavy (non-hydrogen) atoms. The van der Waals surface area contributed by atoms with E-state index in [1.54, 1.807) is 0 Å². The van der Waals surface area contributed by atoms with Crippen LogP contribution in [0.3, 0.4) is 0 Å². The molecule has 1 aliphatic carbocycles. The summed E-state index contributed by atoms with van der Waals surface area (Å²) in [6, 6.07) is 112. The van der Waals surface area contributed by atoms with Crippen molar-refractivity contribution < 1.29 is 0 Å². The lowest BCUT2D eigenvalue weighted by Gasteiger charge is -2.34. The van der Waals surface area contributed by atoms with E-state index >= 15 is 0 Å². The molecule has 0 heterocycles. The van der Waals surface area contributed by atoms with Crippen LogP contribution in [-0.2, 0) is 5.41 Å². The van der Waals surface area contributed by atoms with E-state index in [2.05, 4.69) is 303 Å². The highest BCUT2D eigenvalue weighted by atomic mass is 14.5. The van der Waals surface area contributed by atoms with Gasteiger partial charge in [0, 0.05) is 0 Å². The van der Waals surface area contributed by atoms with Gasteiger partial charge in [-0.1, -0.05) is 303 Å². The van der Waals surface area contributed by atoms with Crippen LogP contribution in [0.4, 0.5) is 0 Å². The summed E-state index contributed by atoms with van der Waals surface area (Å²) in [4.78, 5) is 0. The Balaban J connectivity index is 0.794. The molecule has 0 saturated heterocycles. The number of rotatable bonds is 8. The van der Waals surface area contributed by atoms with E-state index in [0.29, 0.717) is 0 Å². The lowest BCUT2D eigenvalue weighted by molar-refractivity contribution is 0.769. The molecule has 0 nitrogen and oxygen atoms in total. The highest BCUT2D eigenvalue weighted by Gasteiger charge is 2.46. The molecule has 0 radical (unpaired) electrons. The van der Waals surface area contributed by atoms with E-state index in [1.807, 2.05) is 0 Å². The van der Waals surface area contributed by atoms with E-state index in [4.69, 9.17) is 0 Å². The summed E-state index contributed by atoms with van der Waals surface area (Å²) in [5.41, 5.74) is 22.0. The molecule has 0 fully saturated rings. The minimum atomic E-state index is -0.514. The first-order valence-corrected chi connectivity index (χ1v) is 26.8. The van der Waals surface area contributed by atoms with E-state index in [-0.39, 0.29) is 0 Å². The predicted molar refractivity (Wildman–Crippen MR) is 326 cm³/mol. The molecule has 0 heteroatoms. The van der Waals surface area contributed by atoms with Crippen molar-refractivity contribution in [3.05, 3.63) is 326 Å². The van der Waals surface area contributed by atoms with Crippen LogP contribution in [0.25, 0.3) is 121 Å². The summed E-state index contributed by atoms with van der Waals surface area (Å²) in [6.07, 6.45) is 0. The van der Waals surface area contributed by atoms with E-state index in [0.717, 1.165) is 0 Å². The van der Waals surface area contributed by atoms with Crippen LogP contribution in [-0.4, -0.2) is 0 Å². The predicted octanol–water partition coefficient (Wildman–Crippen LogP) is 20.7. The Labute approximate surface area is 449 Å². The molecule has 0 N–H and O–H groups in total. The van der Waals surface area contributed by atoms with Crippen LogP contribution in [0.5, 0.6) is 0 Å². The molecule has 1 aliphatic rings. The number of hydrogen-bond acceptors (Lipinski definition) is 0. The van der Waals surface area contributed by atoms with Gasteiger partial charge in [0.25, 0.3) is 0 Å². The zero-order chi connectivity index (χ0) is 50.9. The topological polar surface area (TPSA) is 0 Å². The van der Waals surface area contributed by atoms with Gasteiger partial charge in [-0.25, -0.2) is 0 Å². The highest BCUT2D eigenvalue weighted by Crippen LogP contribution is 2.56. The highest BCUT2D eigenvalue weighted by molar-refractivity contribution is 6.22. The van der Waals surface area contributed by atoms with Crippen LogP contribution in [0.1, 0.15) is 22.3 Å². The smallest absolute Gasteiger partial charge is 0.0622 e. The van der Waals surface area contributed by atoms with Crippen molar-refractivity contribution in [3.63, 3.8) is 0 Å². The maximum Gasteiger partial charge on any atom is 0.0713 e. The Hall–Kier alpha value is -9.88. The van der Waals surface area contributed by atoms with Gasteiger partial charge in [-0.15, -0.1) is 0 Å². The average molecular weight is 975 g/mol. The first kappa shape index (κ1) is 44.6. The zero-order valence-electron chi connectivity index (χ0n) is 42.4. The van der Waals surface area contributed by atoms with Crippen molar-refractivity contribution in [3.8, 4) is 77.9 Å². The summed E-state index contributed by atoms with van der Waals surface area (Å²) in [5, 5.41) is 10.1. The van der Waals surface area contributed by atoms with Gasteiger partial charge in [0.1, 0.15) is 0 Å². The monoisotopic (exact) mass is 974 g/mol. The fourth-order valence-electron chi connectivity index (χ4n) is 13.2. The van der Waals surface area contributed by atoms with Gasteiger partial charge < -0.3 is 0 Å². The standard InChI is InChI=1S/C77H50/c1-3-19-55(20-4-1)73-63-25-7-11-29-67(63)75(68-30-12-8-26-64(68)73)57-39-35-51(36-40-57)53-43-47-59(48-44-53)77(71-33-17-15-23-61(71)62-24-16-18-34-72(62)77)60-49-45-54(46-50-60)52-37-41-58(42-38-52)76-69-31-13-9-27-65(69)74(56-21-5-2-6-22-56)66-28-10-14-32-70(66)76/h1-50H. The van der Waals surface area contributed by atoms with Crippen molar-refractivity contribution in [2.24, 2.45) is 0 Å². The van der Waals surface area contributed by atoms with Crippen LogP contribution in [0.15, 0.2) is 303 Å². The van der Waals surface area contributed by atoms with Gasteiger partial charge in [0.05, 0.1) is 5.41 Å². The summed E-state index contributed by atoms with van der Waals surface area (Å²) in [5.74, 6) is 0. The third-order valence-corrected chi connectivity index (χ3v) is 16.6. The number of hydrogen-bond donors (Lipinski definition) is 0. The van der Waals surface area contributed by atoms with Crippen molar-refractivity contribution >= 4 is 43.1 Å². The Morgan fingerprint density at radius 2 is 0.364 bits per heavy atom. The van der Waals surface area contributed by atoms with Gasteiger partial charge in [-0.2, -0.15) is 0 Å². The molecule has 0 amide bonds. The normalized spacial score (nSPS) is 12.5. The van der Waals surface area contributed by atoms with Crippen molar-refractivity contribution in [2.45, 2.75) is 5.41 Å². The van der Waals surface area contributed by atoms with E-state index in [1.165, 1.54) is 143 Å². The SMILES string of the molecule is c1ccc(-c2c3ccccc3c(-c3ccc(-c4ccc(C5(c6ccc(-c7ccc(-c8c9ccccc9c(-c9ccccc9)c9ccccc89)cc7)cc6)c6ccccc6-c6ccccc65)cc4)cc3)c3ccccc23)cc1. The number of fused-ring (bicyclic) bond motifs is 7. The Morgan fingerprint density at radius 1 is 0.156 bits per heavy atom. The van der Waals surface area contributed by atoms with Crippen molar-refractivity contribution in [1.29, 1.82) is 0 Å². The van der Waals surface area contributed by atoms with Gasteiger partial charge in [-0.05, 0) is 143 Å². The maximum atomic E-state index is 2.37. The fraction of sp³-hybridized carbons (Fsp3) is 0.0130. The number of benzene rings is 14. The summed E-state index contributed by atoms with van der Waals surface area (Å²) < 4.78 is 0. The Morgan fingerprint density at radius 3 is 0.649 bits per heavy atom.